The summed E-state index contributed by atoms with van der Waals surface area (Å²) in [4.78, 5) is 28.4. The van der Waals surface area contributed by atoms with Crippen molar-refractivity contribution in [3.05, 3.63) is 69.5 Å². The van der Waals surface area contributed by atoms with Crippen molar-refractivity contribution in [2.24, 2.45) is 0 Å². The number of rotatable bonds is 3. The summed E-state index contributed by atoms with van der Waals surface area (Å²) in [6.45, 7) is 1.75. The van der Waals surface area contributed by atoms with Crippen molar-refractivity contribution >= 4 is 35.0 Å². The molecule has 0 saturated carbocycles. The lowest BCUT2D eigenvalue weighted by Gasteiger charge is -2.35. The predicted molar refractivity (Wildman–Crippen MR) is 99.0 cm³/mol. The molecule has 0 spiro atoms. The fourth-order valence-corrected chi connectivity index (χ4v) is 3.27. The van der Waals surface area contributed by atoms with E-state index in [1.54, 1.807) is 40.1 Å². The second-order valence-electron chi connectivity index (χ2n) is 6.08. The van der Waals surface area contributed by atoms with Gasteiger partial charge in [-0.2, -0.15) is 0 Å². The van der Waals surface area contributed by atoms with Gasteiger partial charge in [0.15, 0.2) is 0 Å². The van der Waals surface area contributed by atoms with E-state index in [0.717, 1.165) is 5.56 Å². The molecule has 26 heavy (non-hydrogen) atoms. The molecule has 0 N–H and O–H groups in total. The second-order valence-corrected chi connectivity index (χ2v) is 6.86. The van der Waals surface area contributed by atoms with Gasteiger partial charge in [0, 0.05) is 26.2 Å². The average molecular weight is 395 g/mol. The van der Waals surface area contributed by atoms with Crippen LogP contribution in [0.2, 0.25) is 10.0 Å². The smallest absolute Gasteiger partial charge is 0.255 e. The van der Waals surface area contributed by atoms with Gasteiger partial charge >= 0.3 is 0 Å². The standard InChI is InChI=1S/C19H17Cl2FN2O2/c20-16-3-1-2-15(18(16)21)19(26)24-10-8-23(9-11-24)17(25)12-13-4-6-14(22)7-5-13/h1-7H,8-12H2. The van der Waals surface area contributed by atoms with Crippen LogP contribution in [0.3, 0.4) is 0 Å². The Bertz CT molecular complexity index is 819. The largest absolute Gasteiger partial charge is 0.339 e. The molecule has 1 heterocycles. The van der Waals surface area contributed by atoms with Gasteiger partial charge in [-0.1, -0.05) is 41.4 Å². The zero-order chi connectivity index (χ0) is 18.7. The van der Waals surface area contributed by atoms with E-state index in [4.69, 9.17) is 23.2 Å². The lowest BCUT2D eigenvalue weighted by molar-refractivity contribution is -0.131. The quantitative estimate of drug-likeness (QED) is 0.796. The van der Waals surface area contributed by atoms with Crippen molar-refractivity contribution in [2.75, 3.05) is 26.2 Å². The number of carbonyl (C=O) groups is 2. The summed E-state index contributed by atoms with van der Waals surface area (Å²) in [7, 11) is 0. The number of benzene rings is 2. The molecule has 0 unspecified atom stereocenters. The highest BCUT2D eigenvalue weighted by Crippen LogP contribution is 2.26. The second kappa shape index (κ2) is 8.06. The highest BCUT2D eigenvalue weighted by Gasteiger charge is 2.26. The number of hydrogen-bond donors (Lipinski definition) is 0. The van der Waals surface area contributed by atoms with E-state index in [2.05, 4.69) is 0 Å². The monoisotopic (exact) mass is 394 g/mol. The van der Waals surface area contributed by atoms with Gasteiger partial charge in [0.1, 0.15) is 5.82 Å². The fraction of sp³-hybridized carbons (Fsp3) is 0.263. The van der Waals surface area contributed by atoms with Crippen LogP contribution in [0.25, 0.3) is 0 Å². The summed E-state index contributed by atoms with van der Waals surface area (Å²) in [6, 6.07) is 10.9. The molecule has 0 radical (unpaired) electrons. The summed E-state index contributed by atoms with van der Waals surface area (Å²) in [6.07, 6.45) is 0.217. The van der Waals surface area contributed by atoms with Gasteiger partial charge in [0.25, 0.3) is 5.91 Å². The zero-order valence-electron chi connectivity index (χ0n) is 13.9. The van der Waals surface area contributed by atoms with Gasteiger partial charge in [-0.05, 0) is 29.8 Å². The van der Waals surface area contributed by atoms with Gasteiger partial charge in [0.2, 0.25) is 5.91 Å². The molecule has 1 fully saturated rings. The number of amides is 2. The maximum absolute atomic E-state index is 12.9. The minimum absolute atomic E-state index is 0.0375. The lowest BCUT2D eigenvalue weighted by atomic mass is 10.1. The Labute approximate surface area is 161 Å². The van der Waals surface area contributed by atoms with Crippen LogP contribution in [0.15, 0.2) is 42.5 Å². The number of carbonyl (C=O) groups excluding carboxylic acids is 2. The Morgan fingerprint density at radius 3 is 2.19 bits per heavy atom. The minimum atomic E-state index is -0.326. The molecule has 4 nitrogen and oxygen atoms in total. The average Bonchev–Trinajstić information content (AvgIpc) is 2.65. The summed E-state index contributed by atoms with van der Waals surface area (Å²) in [5.74, 6) is -0.555. The first kappa shape index (κ1) is 18.7. The first-order chi connectivity index (χ1) is 12.5. The third kappa shape index (κ3) is 4.17. The number of piperazine rings is 1. The van der Waals surface area contributed by atoms with E-state index in [1.807, 2.05) is 0 Å². The van der Waals surface area contributed by atoms with Gasteiger partial charge in [-0.25, -0.2) is 4.39 Å². The van der Waals surface area contributed by atoms with Crippen molar-refractivity contribution in [1.29, 1.82) is 0 Å². The first-order valence-electron chi connectivity index (χ1n) is 8.21. The van der Waals surface area contributed by atoms with Crippen molar-refractivity contribution in [2.45, 2.75) is 6.42 Å². The van der Waals surface area contributed by atoms with Crippen LogP contribution in [0.5, 0.6) is 0 Å². The van der Waals surface area contributed by atoms with Crippen LogP contribution in [0.1, 0.15) is 15.9 Å². The molecule has 0 bridgehead atoms. The molecule has 0 aliphatic carbocycles. The van der Waals surface area contributed by atoms with Crippen molar-refractivity contribution in [1.82, 2.24) is 9.80 Å². The highest BCUT2D eigenvalue weighted by molar-refractivity contribution is 6.43. The van der Waals surface area contributed by atoms with Crippen LogP contribution in [-0.4, -0.2) is 47.8 Å². The van der Waals surface area contributed by atoms with Crippen LogP contribution in [-0.2, 0) is 11.2 Å². The SMILES string of the molecule is O=C(Cc1ccc(F)cc1)N1CCN(C(=O)c2cccc(Cl)c2Cl)CC1. The van der Waals surface area contributed by atoms with Gasteiger partial charge < -0.3 is 9.80 Å². The molecule has 0 atom stereocenters. The Morgan fingerprint density at radius 1 is 0.923 bits per heavy atom. The van der Waals surface area contributed by atoms with E-state index in [0.29, 0.717) is 36.8 Å². The Morgan fingerprint density at radius 2 is 1.54 bits per heavy atom. The van der Waals surface area contributed by atoms with Gasteiger partial charge in [-0.15, -0.1) is 0 Å². The molecule has 2 aromatic carbocycles. The molecule has 1 saturated heterocycles. The number of nitrogens with zero attached hydrogens (tertiary/aromatic N) is 2. The Kier molecular flexibility index (Phi) is 5.79. The van der Waals surface area contributed by atoms with E-state index in [9.17, 15) is 14.0 Å². The van der Waals surface area contributed by atoms with Crippen LogP contribution >= 0.6 is 23.2 Å². The number of hydrogen-bond acceptors (Lipinski definition) is 2. The third-order valence-corrected chi connectivity index (χ3v) is 5.19. The summed E-state index contributed by atoms with van der Waals surface area (Å²) >= 11 is 12.1. The number of halogens is 3. The highest BCUT2D eigenvalue weighted by atomic mass is 35.5. The molecule has 1 aliphatic rings. The van der Waals surface area contributed by atoms with E-state index in [-0.39, 0.29) is 29.1 Å². The normalized spacial score (nSPS) is 14.4. The predicted octanol–water partition coefficient (Wildman–Crippen LogP) is 3.66. The minimum Gasteiger partial charge on any atom is -0.339 e. The van der Waals surface area contributed by atoms with Crippen LogP contribution in [0.4, 0.5) is 4.39 Å². The maximum atomic E-state index is 12.9. The van der Waals surface area contributed by atoms with Crippen LogP contribution < -0.4 is 0 Å². The summed E-state index contributed by atoms with van der Waals surface area (Å²) < 4.78 is 12.9. The molecule has 7 heteroatoms. The molecule has 2 amide bonds. The lowest BCUT2D eigenvalue weighted by Crippen LogP contribution is -2.51. The van der Waals surface area contributed by atoms with Gasteiger partial charge in [-0.3, -0.25) is 9.59 Å². The third-order valence-electron chi connectivity index (χ3n) is 4.37. The van der Waals surface area contributed by atoms with E-state index >= 15 is 0 Å². The van der Waals surface area contributed by atoms with E-state index in [1.165, 1.54) is 12.1 Å². The molecular formula is C19H17Cl2FN2O2. The Balaban J connectivity index is 1.58. The molecular weight excluding hydrogens is 378 g/mol. The molecule has 2 aromatic rings. The Hall–Kier alpha value is -2.11. The van der Waals surface area contributed by atoms with Crippen LogP contribution in [0, 0.1) is 5.82 Å². The zero-order valence-corrected chi connectivity index (χ0v) is 15.4. The molecule has 1 aliphatic heterocycles. The first-order valence-corrected chi connectivity index (χ1v) is 8.97. The van der Waals surface area contributed by atoms with Gasteiger partial charge in [0.05, 0.1) is 22.0 Å². The summed E-state index contributed by atoms with van der Waals surface area (Å²) in [5, 5.41) is 0.583. The fourth-order valence-electron chi connectivity index (χ4n) is 2.89. The van der Waals surface area contributed by atoms with Crippen molar-refractivity contribution < 1.29 is 14.0 Å². The summed E-state index contributed by atoms with van der Waals surface area (Å²) in [5.41, 5.74) is 1.13. The maximum Gasteiger partial charge on any atom is 0.255 e. The molecule has 136 valence electrons. The van der Waals surface area contributed by atoms with E-state index < -0.39 is 0 Å². The topological polar surface area (TPSA) is 40.6 Å². The molecule has 3 rings (SSSR count). The van der Waals surface area contributed by atoms with Crippen molar-refractivity contribution in [3.8, 4) is 0 Å². The van der Waals surface area contributed by atoms with Crippen molar-refractivity contribution in [3.63, 3.8) is 0 Å². The molecule has 0 aromatic heterocycles.